The Kier molecular flexibility index (Phi) is 6.94. The molecule has 0 bridgehead atoms. The van der Waals surface area contributed by atoms with Crippen LogP contribution in [0.25, 0.3) is 0 Å². The predicted molar refractivity (Wildman–Crippen MR) is 132 cm³/mol. The van der Waals surface area contributed by atoms with Crippen molar-refractivity contribution < 1.29 is 9.59 Å². The SMILES string of the molecule is CC(=O)c1c(C)[nH]c(C(=O)NCc2ccccc2CN2CCN(c3ccccc3)CC2)c1C. The van der Waals surface area contributed by atoms with Gasteiger partial charge in [-0.05, 0) is 49.6 Å². The molecule has 0 atom stereocenters. The zero-order valence-electron chi connectivity index (χ0n) is 19.6. The Morgan fingerprint density at radius 3 is 2.18 bits per heavy atom. The van der Waals surface area contributed by atoms with Gasteiger partial charge in [0.05, 0.1) is 0 Å². The summed E-state index contributed by atoms with van der Waals surface area (Å²) in [4.78, 5) is 32.7. The molecule has 4 rings (SSSR count). The topological polar surface area (TPSA) is 68.4 Å². The van der Waals surface area contributed by atoms with Crippen molar-refractivity contribution in [3.63, 3.8) is 0 Å². The number of aromatic nitrogens is 1. The Morgan fingerprint density at radius 2 is 1.55 bits per heavy atom. The third-order valence-corrected chi connectivity index (χ3v) is 6.46. The summed E-state index contributed by atoms with van der Waals surface area (Å²) in [5.41, 5.74) is 6.14. The van der Waals surface area contributed by atoms with Gasteiger partial charge in [0.25, 0.3) is 5.91 Å². The van der Waals surface area contributed by atoms with Crippen LogP contribution in [0.4, 0.5) is 5.69 Å². The monoisotopic (exact) mass is 444 g/mol. The number of nitrogens with zero attached hydrogens (tertiary/aromatic N) is 2. The fourth-order valence-corrected chi connectivity index (χ4v) is 4.70. The van der Waals surface area contributed by atoms with Crippen molar-refractivity contribution in [2.45, 2.75) is 33.9 Å². The molecule has 0 aliphatic carbocycles. The summed E-state index contributed by atoms with van der Waals surface area (Å²) in [5.74, 6) is -0.215. The molecule has 2 heterocycles. The average Bonchev–Trinajstić information content (AvgIpc) is 3.13. The Hall–Kier alpha value is -3.38. The normalized spacial score (nSPS) is 14.3. The van der Waals surface area contributed by atoms with Crippen LogP contribution in [0.1, 0.15) is 50.2 Å². The van der Waals surface area contributed by atoms with E-state index in [2.05, 4.69) is 68.6 Å². The highest BCUT2D eigenvalue weighted by Gasteiger charge is 2.21. The number of aryl methyl sites for hydroxylation is 1. The van der Waals surface area contributed by atoms with Crippen molar-refractivity contribution in [3.8, 4) is 0 Å². The smallest absolute Gasteiger partial charge is 0.268 e. The van der Waals surface area contributed by atoms with E-state index in [1.54, 1.807) is 0 Å². The van der Waals surface area contributed by atoms with Gasteiger partial charge in [-0.1, -0.05) is 42.5 Å². The predicted octanol–water partition coefficient (Wildman–Crippen LogP) is 4.09. The molecule has 2 N–H and O–H groups in total. The highest BCUT2D eigenvalue weighted by molar-refractivity contribution is 6.02. The van der Waals surface area contributed by atoms with E-state index in [0.29, 0.717) is 23.4 Å². The van der Waals surface area contributed by atoms with Gasteiger partial charge in [-0.3, -0.25) is 14.5 Å². The van der Waals surface area contributed by atoms with Crippen molar-refractivity contribution in [1.29, 1.82) is 0 Å². The largest absolute Gasteiger partial charge is 0.369 e. The van der Waals surface area contributed by atoms with E-state index in [9.17, 15) is 9.59 Å². The van der Waals surface area contributed by atoms with Crippen molar-refractivity contribution in [2.75, 3.05) is 31.1 Å². The summed E-state index contributed by atoms with van der Waals surface area (Å²) < 4.78 is 0. The molecule has 6 heteroatoms. The summed E-state index contributed by atoms with van der Waals surface area (Å²) >= 11 is 0. The van der Waals surface area contributed by atoms with E-state index in [0.717, 1.165) is 44.0 Å². The van der Waals surface area contributed by atoms with Gasteiger partial charge in [0.1, 0.15) is 5.69 Å². The molecule has 0 saturated carbocycles. The summed E-state index contributed by atoms with van der Waals surface area (Å²) in [6, 6.07) is 18.8. The lowest BCUT2D eigenvalue weighted by atomic mass is 10.1. The molecule has 1 aromatic heterocycles. The average molecular weight is 445 g/mol. The number of carbonyl (C=O) groups is 2. The number of ketones is 1. The van der Waals surface area contributed by atoms with Crippen molar-refractivity contribution in [2.24, 2.45) is 0 Å². The highest BCUT2D eigenvalue weighted by Crippen LogP contribution is 2.20. The molecule has 1 aliphatic heterocycles. The molecule has 1 amide bonds. The quantitative estimate of drug-likeness (QED) is 0.539. The minimum Gasteiger partial charge on any atom is -0.369 e. The number of amides is 1. The lowest BCUT2D eigenvalue weighted by molar-refractivity contribution is 0.0945. The molecule has 1 fully saturated rings. The number of aromatic amines is 1. The minimum atomic E-state index is -0.186. The first kappa shape index (κ1) is 22.8. The Morgan fingerprint density at radius 1 is 0.909 bits per heavy atom. The van der Waals surface area contributed by atoms with Gasteiger partial charge < -0.3 is 15.2 Å². The van der Waals surface area contributed by atoms with Gasteiger partial charge in [0, 0.05) is 56.2 Å². The summed E-state index contributed by atoms with van der Waals surface area (Å²) in [6.07, 6.45) is 0. The van der Waals surface area contributed by atoms with Crippen LogP contribution in [-0.2, 0) is 13.1 Å². The molecule has 0 radical (unpaired) electrons. The Balaban J connectivity index is 1.37. The van der Waals surface area contributed by atoms with Crippen molar-refractivity contribution in [1.82, 2.24) is 15.2 Å². The first-order valence-corrected chi connectivity index (χ1v) is 11.5. The fraction of sp³-hybridized carbons (Fsp3) is 0.333. The lowest BCUT2D eigenvalue weighted by Gasteiger charge is -2.36. The maximum Gasteiger partial charge on any atom is 0.268 e. The minimum absolute atomic E-state index is 0.0296. The van der Waals surface area contributed by atoms with E-state index >= 15 is 0 Å². The molecule has 0 spiro atoms. The van der Waals surface area contributed by atoms with Crippen molar-refractivity contribution in [3.05, 3.63) is 88.2 Å². The van der Waals surface area contributed by atoms with Crippen LogP contribution in [0.15, 0.2) is 54.6 Å². The van der Waals surface area contributed by atoms with Crippen LogP contribution < -0.4 is 10.2 Å². The van der Waals surface area contributed by atoms with Crippen LogP contribution in [0.5, 0.6) is 0 Å². The van der Waals surface area contributed by atoms with E-state index in [1.165, 1.54) is 18.2 Å². The zero-order valence-corrected chi connectivity index (χ0v) is 19.6. The van der Waals surface area contributed by atoms with Crippen molar-refractivity contribution >= 4 is 17.4 Å². The van der Waals surface area contributed by atoms with Gasteiger partial charge in [-0.2, -0.15) is 0 Å². The zero-order chi connectivity index (χ0) is 23.4. The van der Waals surface area contributed by atoms with Crippen LogP contribution in [0.2, 0.25) is 0 Å². The molecule has 2 aromatic carbocycles. The fourth-order valence-electron chi connectivity index (χ4n) is 4.70. The second-order valence-corrected chi connectivity index (χ2v) is 8.73. The molecule has 1 saturated heterocycles. The van der Waals surface area contributed by atoms with Gasteiger partial charge in [0.2, 0.25) is 0 Å². The second kappa shape index (κ2) is 10.0. The van der Waals surface area contributed by atoms with Crippen LogP contribution in [0, 0.1) is 13.8 Å². The van der Waals surface area contributed by atoms with Gasteiger partial charge >= 0.3 is 0 Å². The van der Waals surface area contributed by atoms with E-state index in [-0.39, 0.29) is 11.7 Å². The van der Waals surface area contributed by atoms with Crippen LogP contribution >= 0.6 is 0 Å². The molecular weight excluding hydrogens is 412 g/mol. The number of Topliss-reactive ketones (excluding diaryl/α,β-unsaturated/α-hetero) is 1. The molecule has 3 aromatic rings. The molecule has 0 unspecified atom stereocenters. The van der Waals surface area contributed by atoms with Gasteiger partial charge in [0.15, 0.2) is 5.78 Å². The van der Waals surface area contributed by atoms with Gasteiger partial charge in [-0.15, -0.1) is 0 Å². The second-order valence-electron chi connectivity index (χ2n) is 8.73. The number of H-pyrrole nitrogens is 1. The first-order chi connectivity index (χ1) is 15.9. The first-order valence-electron chi connectivity index (χ1n) is 11.5. The number of rotatable bonds is 7. The third kappa shape index (κ3) is 5.17. The number of hydrogen-bond acceptors (Lipinski definition) is 4. The molecule has 6 nitrogen and oxygen atoms in total. The summed E-state index contributed by atoms with van der Waals surface area (Å²) in [6.45, 7) is 10.5. The van der Waals surface area contributed by atoms with E-state index < -0.39 is 0 Å². The number of anilines is 1. The number of piperazine rings is 1. The summed E-state index contributed by atoms with van der Waals surface area (Å²) in [7, 11) is 0. The number of benzene rings is 2. The number of hydrogen-bond donors (Lipinski definition) is 2. The summed E-state index contributed by atoms with van der Waals surface area (Å²) in [5, 5.41) is 3.03. The standard InChI is InChI=1S/C27H32N4O2/c1-19-25(21(3)32)20(2)29-26(19)27(33)28-17-22-9-7-8-10-23(22)18-30-13-15-31(16-14-30)24-11-5-4-6-12-24/h4-12,29H,13-18H2,1-3H3,(H,28,33). The van der Waals surface area contributed by atoms with Crippen LogP contribution in [0.3, 0.4) is 0 Å². The van der Waals surface area contributed by atoms with E-state index in [4.69, 9.17) is 0 Å². The Labute approximate surface area is 195 Å². The highest BCUT2D eigenvalue weighted by atomic mass is 16.2. The number of carbonyl (C=O) groups excluding carboxylic acids is 2. The maximum atomic E-state index is 12.8. The lowest BCUT2D eigenvalue weighted by Crippen LogP contribution is -2.46. The molecule has 1 aliphatic rings. The Bertz CT molecular complexity index is 1130. The number of nitrogens with one attached hydrogen (secondary N) is 2. The molecular formula is C27H32N4O2. The molecule has 172 valence electrons. The van der Waals surface area contributed by atoms with Crippen LogP contribution in [-0.4, -0.2) is 47.8 Å². The molecule has 33 heavy (non-hydrogen) atoms. The number of para-hydroxylation sites is 1. The van der Waals surface area contributed by atoms with Gasteiger partial charge in [-0.25, -0.2) is 0 Å². The third-order valence-electron chi connectivity index (χ3n) is 6.46. The van der Waals surface area contributed by atoms with E-state index in [1.807, 2.05) is 19.9 Å². The maximum absolute atomic E-state index is 12.8.